The average Bonchev–Trinajstić information content (AvgIpc) is 2.62. The van der Waals surface area contributed by atoms with Crippen molar-refractivity contribution >= 4 is 18.3 Å². The van der Waals surface area contributed by atoms with Crippen LogP contribution in [0.2, 0.25) is 0 Å². The van der Waals surface area contributed by atoms with E-state index in [1.165, 1.54) is 5.56 Å². The summed E-state index contributed by atoms with van der Waals surface area (Å²) in [5, 5.41) is 3.32. The van der Waals surface area contributed by atoms with E-state index in [2.05, 4.69) is 36.5 Å². The lowest BCUT2D eigenvalue weighted by Crippen LogP contribution is -2.58. The highest BCUT2D eigenvalue weighted by Gasteiger charge is 2.45. The van der Waals surface area contributed by atoms with E-state index >= 15 is 0 Å². The van der Waals surface area contributed by atoms with E-state index in [1.807, 2.05) is 11.0 Å². The highest BCUT2D eigenvalue weighted by Crippen LogP contribution is 2.35. The molecule has 5 heteroatoms. The number of halogens is 1. The lowest BCUT2D eigenvalue weighted by Gasteiger charge is -2.45. The van der Waals surface area contributed by atoms with E-state index in [-0.39, 0.29) is 23.7 Å². The highest BCUT2D eigenvalue weighted by atomic mass is 35.5. The first kappa shape index (κ1) is 19.2. The van der Waals surface area contributed by atoms with Gasteiger partial charge in [0, 0.05) is 25.6 Å². The number of carbonyl (C=O) groups excluding carboxylic acids is 1. The van der Waals surface area contributed by atoms with E-state index < -0.39 is 5.60 Å². The summed E-state index contributed by atoms with van der Waals surface area (Å²) in [5.41, 5.74) is 0.742. The Morgan fingerprint density at radius 1 is 1.17 bits per heavy atom. The molecule has 0 aliphatic carbocycles. The minimum Gasteiger partial charge on any atom is -0.368 e. The maximum Gasteiger partial charge on any atom is 0.254 e. The normalized spacial score (nSPS) is 26.5. The number of methoxy groups -OCH3 is 1. The summed E-state index contributed by atoms with van der Waals surface area (Å²) in [6, 6.07) is 10.6. The molecule has 24 heavy (non-hydrogen) atoms. The van der Waals surface area contributed by atoms with Crippen molar-refractivity contribution in [3.63, 3.8) is 0 Å². The van der Waals surface area contributed by atoms with E-state index in [4.69, 9.17) is 4.74 Å². The summed E-state index contributed by atoms with van der Waals surface area (Å²) < 4.78 is 5.74. The second-order valence-corrected chi connectivity index (χ2v) is 7.21. The Balaban J connectivity index is 0.00000208. The number of carbonyl (C=O) groups is 1. The Kier molecular flexibility index (Phi) is 6.29. The first-order valence-corrected chi connectivity index (χ1v) is 8.70. The van der Waals surface area contributed by atoms with E-state index in [1.54, 1.807) is 7.11 Å². The molecule has 2 aliphatic heterocycles. The standard InChI is InChI=1S/C19H28N2O2.ClH/c1-18(16-7-4-3-5-8-16)9-6-14-21(15-18)17(22)19(23-2)10-12-20-13-11-19;/h3-5,7-8,20H,6,9-15H2,1-2H3;1H. The third-order valence-electron chi connectivity index (χ3n) is 5.65. The Bertz CT molecular complexity index is 546. The average molecular weight is 353 g/mol. The molecule has 1 N–H and O–H groups in total. The Morgan fingerprint density at radius 2 is 1.83 bits per heavy atom. The van der Waals surface area contributed by atoms with Gasteiger partial charge in [0.05, 0.1) is 0 Å². The van der Waals surface area contributed by atoms with Gasteiger partial charge in [-0.1, -0.05) is 37.3 Å². The first-order valence-electron chi connectivity index (χ1n) is 8.70. The fourth-order valence-corrected chi connectivity index (χ4v) is 4.11. The third-order valence-corrected chi connectivity index (χ3v) is 5.65. The molecule has 0 spiro atoms. The fourth-order valence-electron chi connectivity index (χ4n) is 4.11. The molecule has 1 atom stereocenters. The molecule has 1 amide bonds. The van der Waals surface area contributed by atoms with Gasteiger partial charge < -0.3 is 15.0 Å². The van der Waals surface area contributed by atoms with Crippen molar-refractivity contribution in [1.29, 1.82) is 0 Å². The second kappa shape index (κ2) is 7.85. The minimum atomic E-state index is -0.625. The molecule has 3 rings (SSSR count). The van der Waals surface area contributed by atoms with Gasteiger partial charge in [0.1, 0.15) is 5.60 Å². The van der Waals surface area contributed by atoms with E-state index in [9.17, 15) is 4.79 Å². The van der Waals surface area contributed by atoms with Crippen LogP contribution in [0.1, 0.15) is 38.2 Å². The van der Waals surface area contributed by atoms with Crippen molar-refractivity contribution < 1.29 is 9.53 Å². The largest absolute Gasteiger partial charge is 0.368 e. The summed E-state index contributed by atoms with van der Waals surface area (Å²) in [4.78, 5) is 15.2. The van der Waals surface area contributed by atoms with Gasteiger partial charge in [0.2, 0.25) is 0 Å². The minimum absolute atomic E-state index is 0. The molecular formula is C19H29ClN2O2. The van der Waals surface area contributed by atoms with E-state index in [0.29, 0.717) is 0 Å². The highest BCUT2D eigenvalue weighted by molar-refractivity contribution is 5.86. The van der Waals surface area contributed by atoms with Crippen LogP contribution in [0.15, 0.2) is 30.3 Å². The van der Waals surface area contributed by atoms with Crippen LogP contribution >= 0.6 is 12.4 Å². The van der Waals surface area contributed by atoms with Crippen LogP contribution in [0.25, 0.3) is 0 Å². The SMILES string of the molecule is COC1(C(=O)N2CCCC(C)(c3ccccc3)C2)CCNCC1.Cl. The molecule has 2 aliphatic rings. The van der Waals surface area contributed by atoms with Gasteiger partial charge in [-0.2, -0.15) is 0 Å². The van der Waals surface area contributed by atoms with Crippen LogP contribution in [0, 0.1) is 0 Å². The van der Waals surface area contributed by atoms with Gasteiger partial charge in [-0.3, -0.25) is 4.79 Å². The van der Waals surface area contributed by atoms with Gasteiger partial charge in [0.25, 0.3) is 5.91 Å². The molecule has 0 radical (unpaired) electrons. The number of hydrogen-bond acceptors (Lipinski definition) is 3. The van der Waals surface area contributed by atoms with Crippen LogP contribution in [0.4, 0.5) is 0 Å². The number of nitrogens with zero attached hydrogens (tertiary/aromatic N) is 1. The third kappa shape index (κ3) is 3.61. The molecule has 2 heterocycles. The Labute approximate surface area is 151 Å². The number of ether oxygens (including phenoxy) is 1. The number of rotatable bonds is 3. The maximum absolute atomic E-state index is 13.2. The maximum atomic E-state index is 13.2. The summed E-state index contributed by atoms with van der Waals surface area (Å²) in [6.45, 7) is 5.62. The van der Waals surface area contributed by atoms with Crippen LogP contribution in [-0.4, -0.2) is 49.7 Å². The predicted molar refractivity (Wildman–Crippen MR) is 98.7 cm³/mol. The molecule has 134 valence electrons. The second-order valence-electron chi connectivity index (χ2n) is 7.21. The van der Waals surface area contributed by atoms with Crippen LogP contribution in [-0.2, 0) is 14.9 Å². The summed E-state index contributed by atoms with van der Waals surface area (Å²) >= 11 is 0. The molecule has 4 nitrogen and oxygen atoms in total. The van der Waals surface area contributed by atoms with Crippen molar-refractivity contribution in [3.8, 4) is 0 Å². The summed E-state index contributed by atoms with van der Waals surface area (Å²) in [6.07, 6.45) is 3.71. The molecule has 1 aromatic rings. The molecule has 1 unspecified atom stereocenters. The van der Waals surface area contributed by atoms with Crippen molar-refractivity contribution in [2.45, 2.75) is 43.6 Å². The first-order chi connectivity index (χ1) is 11.1. The zero-order valence-corrected chi connectivity index (χ0v) is 15.5. The molecule has 0 bridgehead atoms. The van der Waals surface area contributed by atoms with Gasteiger partial charge in [-0.25, -0.2) is 0 Å². The quantitative estimate of drug-likeness (QED) is 0.909. The fraction of sp³-hybridized carbons (Fsp3) is 0.632. The molecule has 2 fully saturated rings. The van der Waals surface area contributed by atoms with Gasteiger partial charge in [0.15, 0.2) is 0 Å². The van der Waals surface area contributed by atoms with Crippen LogP contribution in [0.3, 0.4) is 0 Å². The molecular weight excluding hydrogens is 324 g/mol. The Hall–Kier alpha value is -1.10. The number of benzene rings is 1. The molecule has 0 saturated carbocycles. The monoisotopic (exact) mass is 352 g/mol. The van der Waals surface area contributed by atoms with Crippen molar-refractivity contribution in [3.05, 3.63) is 35.9 Å². The topological polar surface area (TPSA) is 41.6 Å². The zero-order valence-electron chi connectivity index (χ0n) is 14.7. The van der Waals surface area contributed by atoms with E-state index in [0.717, 1.165) is 51.9 Å². The Morgan fingerprint density at radius 3 is 2.46 bits per heavy atom. The van der Waals surface area contributed by atoms with Crippen LogP contribution in [0.5, 0.6) is 0 Å². The smallest absolute Gasteiger partial charge is 0.254 e. The molecule has 2 saturated heterocycles. The number of amides is 1. The van der Waals surface area contributed by atoms with Crippen molar-refractivity contribution in [1.82, 2.24) is 10.2 Å². The van der Waals surface area contributed by atoms with Crippen molar-refractivity contribution in [2.24, 2.45) is 0 Å². The summed E-state index contributed by atoms with van der Waals surface area (Å²) in [5.74, 6) is 0.184. The number of piperidine rings is 2. The lowest BCUT2D eigenvalue weighted by molar-refractivity contribution is -0.160. The molecule has 0 aromatic heterocycles. The number of nitrogens with one attached hydrogen (secondary N) is 1. The number of hydrogen-bond donors (Lipinski definition) is 1. The van der Waals surface area contributed by atoms with Crippen molar-refractivity contribution in [2.75, 3.05) is 33.3 Å². The lowest BCUT2D eigenvalue weighted by atomic mass is 9.75. The van der Waals surface area contributed by atoms with Gasteiger partial charge in [-0.15, -0.1) is 12.4 Å². The van der Waals surface area contributed by atoms with Gasteiger partial charge in [-0.05, 0) is 44.3 Å². The van der Waals surface area contributed by atoms with Crippen LogP contribution < -0.4 is 5.32 Å². The number of likely N-dealkylation sites (tertiary alicyclic amines) is 1. The van der Waals surface area contributed by atoms with Gasteiger partial charge >= 0.3 is 0 Å². The zero-order chi connectivity index (χ0) is 16.3. The summed E-state index contributed by atoms with van der Waals surface area (Å²) in [7, 11) is 1.68. The molecule has 1 aromatic carbocycles. The predicted octanol–water partition coefficient (Wildman–Crippen LogP) is 2.76.